The van der Waals surface area contributed by atoms with Crippen LogP contribution in [0, 0.1) is 5.92 Å². The lowest BCUT2D eigenvalue weighted by Crippen LogP contribution is -2.32. The zero-order chi connectivity index (χ0) is 21.6. The third-order valence-corrected chi connectivity index (χ3v) is 7.00. The second kappa shape index (κ2) is 14.5. The average Bonchev–Trinajstić information content (AvgIpc) is 3.16. The van der Waals surface area contributed by atoms with Crippen LogP contribution in [-0.4, -0.2) is 30.0 Å². The minimum absolute atomic E-state index is 0.472. The molecule has 30 heavy (non-hydrogen) atoms. The monoisotopic (exact) mass is 427 g/mol. The molecule has 0 radical (unpaired) electrons. The van der Waals surface area contributed by atoms with Gasteiger partial charge in [-0.2, -0.15) is 0 Å². The molecule has 0 fully saturated rings. The van der Waals surface area contributed by atoms with Crippen LogP contribution in [0.2, 0.25) is 0 Å². The summed E-state index contributed by atoms with van der Waals surface area (Å²) in [6.45, 7) is 11.4. The zero-order valence-electron chi connectivity index (χ0n) is 19.3. The molecular weight excluding hydrogens is 386 g/mol. The minimum atomic E-state index is 0.472. The van der Waals surface area contributed by atoms with Crippen LogP contribution in [0.1, 0.15) is 71.3 Å². The summed E-state index contributed by atoms with van der Waals surface area (Å²) in [5.74, 6) is 1.99. The van der Waals surface area contributed by atoms with Gasteiger partial charge in [0.05, 0.1) is 0 Å². The van der Waals surface area contributed by atoms with Gasteiger partial charge in [-0.15, -0.1) is 11.8 Å². The summed E-state index contributed by atoms with van der Waals surface area (Å²) >= 11 is 1.97. The van der Waals surface area contributed by atoms with E-state index < -0.39 is 0 Å². The maximum Gasteiger partial charge on any atom is 0.0456 e. The lowest BCUT2D eigenvalue weighted by atomic mass is 10.0. The van der Waals surface area contributed by atoms with Crippen LogP contribution in [0.3, 0.4) is 0 Å². The van der Waals surface area contributed by atoms with Crippen LogP contribution >= 0.6 is 11.8 Å². The van der Waals surface area contributed by atoms with E-state index in [2.05, 4.69) is 73.2 Å². The Hall–Kier alpha value is -1.52. The molecule has 4 heteroatoms. The van der Waals surface area contributed by atoms with E-state index in [4.69, 9.17) is 0 Å². The van der Waals surface area contributed by atoms with Gasteiger partial charge in [0.2, 0.25) is 0 Å². The molecule has 0 saturated carbocycles. The van der Waals surface area contributed by atoms with E-state index in [0.717, 1.165) is 18.9 Å². The molecule has 2 N–H and O–H groups in total. The summed E-state index contributed by atoms with van der Waals surface area (Å²) in [4.78, 5) is 8.82. The van der Waals surface area contributed by atoms with Crippen molar-refractivity contribution in [3.05, 3.63) is 47.1 Å². The largest absolute Gasteiger partial charge is 0.361 e. The van der Waals surface area contributed by atoms with E-state index in [1.165, 1.54) is 72.1 Å². The third kappa shape index (κ3) is 8.31. The fraction of sp³-hybridized carbons (Fsp3) is 0.577. The number of para-hydroxylation sites is 1. The van der Waals surface area contributed by atoms with E-state index in [1.54, 1.807) is 0 Å². The number of nitrogens with one attached hydrogen (secondary N) is 2. The summed E-state index contributed by atoms with van der Waals surface area (Å²) < 4.78 is 0. The first-order valence-corrected chi connectivity index (χ1v) is 12.8. The molecule has 0 saturated heterocycles. The zero-order valence-corrected chi connectivity index (χ0v) is 20.1. The van der Waals surface area contributed by atoms with Crippen molar-refractivity contribution < 1.29 is 0 Å². The molecule has 0 spiro atoms. The van der Waals surface area contributed by atoms with Crippen LogP contribution in [0.5, 0.6) is 0 Å². The number of hydrogen-bond acceptors (Lipinski definition) is 3. The van der Waals surface area contributed by atoms with E-state index in [9.17, 15) is 0 Å². The predicted molar refractivity (Wildman–Crippen MR) is 137 cm³/mol. The minimum Gasteiger partial charge on any atom is -0.361 e. The molecule has 1 aromatic heterocycles. The summed E-state index contributed by atoms with van der Waals surface area (Å²) in [5.41, 5.74) is 2.64. The Morgan fingerprint density at radius 3 is 2.60 bits per heavy atom. The molecule has 0 aliphatic rings. The van der Waals surface area contributed by atoms with E-state index in [-0.39, 0.29) is 0 Å². The standard InChI is InChI=1S/C26H41N3S/c1-5-8-13-23(16-22-17-29-26-15-10-9-14-25(22)26)28-19-24(18-27-4)30-20-21(11-6-2)12-7-3/h9-10,14-15,17-18,21,23,28-29H,4-8,11-13,16,19-20H2,1-3H3/b24-18-. The number of thioether (sulfide) groups is 1. The van der Waals surface area contributed by atoms with Crippen molar-refractivity contribution in [1.29, 1.82) is 0 Å². The SMILES string of the molecule is C=N/C=C(/CNC(CCCC)Cc1c[nH]c2ccccc12)SCC(CCC)CCC. The van der Waals surface area contributed by atoms with Crippen molar-refractivity contribution in [1.82, 2.24) is 10.3 Å². The van der Waals surface area contributed by atoms with Crippen LogP contribution in [0.25, 0.3) is 10.9 Å². The molecule has 1 unspecified atom stereocenters. The number of rotatable bonds is 16. The third-order valence-electron chi connectivity index (χ3n) is 5.75. The molecule has 0 amide bonds. The number of H-pyrrole nitrogens is 1. The van der Waals surface area contributed by atoms with Gasteiger partial charge >= 0.3 is 0 Å². The van der Waals surface area contributed by atoms with Crippen LogP contribution in [0.4, 0.5) is 0 Å². The number of aromatic amines is 1. The van der Waals surface area contributed by atoms with Crippen molar-refractivity contribution >= 4 is 29.4 Å². The van der Waals surface area contributed by atoms with Gasteiger partial charge in [-0.25, -0.2) is 0 Å². The second-order valence-corrected chi connectivity index (χ2v) is 9.46. The van der Waals surface area contributed by atoms with Gasteiger partial charge in [0.15, 0.2) is 0 Å². The van der Waals surface area contributed by atoms with Gasteiger partial charge in [-0.1, -0.05) is 64.7 Å². The normalized spacial score (nSPS) is 13.3. The summed E-state index contributed by atoms with van der Waals surface area (Å²) in [6.07, 6.45) is 14.1. The van der Waals surface area contributed by atoms with Crippen molar-refractivity contribution in [2.75, 3.05) is 12.3 Å². The Morgan fingerprint density at radius 2 is 1.90 bits per heavy atom. The Labute approximate surface area is 188 Å². The molecule has 0 aliphatic heterocycles. The van der Waals surface area contributed by atoms with Crippen molar-refractivity contribution in [3.8, 4) is 0 Å². The van der Waals surface area contributed by atoms with Gasteiger partial charge in [-0.3, -0.25) is 4.99 Å². The molecule has 1 aromatic carbocycles. The number of benzene rings is 1. The molecule has 2 rings (SSSR count). The maximum atomic E-state index is 4.08. The average molecular weight is 428 g/mol. The molecule has 1 atom stereocenters. The summed E-state index contributed by atoms with van der Waals surface area (Å²) in [5, 5.41) is 5.19. The fourth-order valence-corrected chi connectivity index (χ4v) is 5.24. The highest BCUT2D eigenvalue weighted by Crippen LogP contribution is 2.25. The Morgan fingerprint density at radius 1 is 1.13 bits per heavy atom. The Bertz CT molecular complexity index is 758. The summed E-state index contributed by atoms with van der Waals surface area (Å²) in [7, 11) is 0. The van der Waals surface area contributed by atoms with Crippen molar-refractivity contribution in [2.24, 2.45) is 10.9 Å². The number of nitrogens with zero attached hydrogens (tertiary/aromatic N) is 1. The Kier molecular flexibility index (Phi) is 11.9. The first kappa shape index (κ1) is 24.7. The highest BCUT2D eigenvalue weighted by Gasteiger charge is 2.14. The van der Waals surface area contributed by atoms with Gasteiger partial charge in [0, 0.05) is 46.5 Å². The van der Waals surface area contributed by atoms with Crippen molar-refractivity contribution in [3.63, 3.8) is 0 Å². The van der Waals surface area contributed by atoms with Gasteiger partial charge in [0.25, 0.3) is 0 Å². The van der Waals surface area contributed by atoms with Crippen LogP contribution in [-0.2, 0) is 6.42 Å². The maximum absolute atomic E-state index is 4.08. The van der Waals surface area contributed by atoms with E-state index in [0.29, 0.717) is 6.04 Å². The van der Waals surface area contributed by atoms with Crippen LogP contribution in [0.15, 0.2) is 46.6 Å². The second-order valence-electron chi connectivity index (χ2n) is 8.32. The topological polar surface area (TPSA) is 40.2 Å². The molecular formula is C26H41N3S. The first-order valence-electron chi connectivity index (χ1n) is 11.8. The predicted octanol–water partition coefficient (Wildman–Crippen LogP) is 7.35. The number of aromatic nitrogens is 1. The highest BCUT2D eigenvalue weighted by molar-refractivity contribution is 8.03. The van der Waals surface area contributed by atoms with E-state index >= 15 is 0 Å². The lowest BCUT2D eigenvalue weighted by molar-refractivity contribution is 0.480. The number of hydrogen-bond donors (Lipinski definition) is 2. The first-order chi connectivity index (χ1) is 14.7. The number of aliphatic imine (C=N–C) groups is 1. The molecule has 1 heterocycles. The fourth-order valence-electron chi connectivity index (χ4n) is 4.13. The lowest BCUT2D eigenvalue weighted by Gasteiger charge is -2.20. The molecule has 0 bridgehead atoms. The molecule has 166 valence electrons. The molecule has 3 nitrogen and oxygen atoms in total. The van der Waals surface area contributed by atoms with E-state index in [1.807, 2.05) is 18.0 Å². The Balaban J connectivity index is 1.97. The quantitative estimate of drug-likeness (QED) is 0.275. The highest BCUT2D eigenvalue weighted by atomic mass is 32.2. The van der Waals surface area contributed by atoms with Gasteiger partial charge < -0.3 is 10.3 Å². The van der Waals surface area contributed by atoms with Gasteiger partial charge in [-0.05, 0) is 49.9 Å². The van der Waals surface area contributed by atoms with Gasteiger partial charge in [0.1, 0.15) is 0 Å². The van der Waals surface area contributed by atoms with Crippen molar-refractivity contribution in [2.45, 2.75) is 78.2 Å². The summed E-state index contributed by atoms with van der Waals surface area (Å²) in [6, 6.07) is 9.08. The molecule has 2 aromatic rings. The van der Waals surface area contributed by atoms with Crippen LogP contribution < -0.4 is 5.32 Å². The molecule has 0 aliphatic carbocycles. The number of fused-ring (bicyclic) bond motifs is 1. The smallest absolute Gasteiger partial charge is 0.0456 e. The number of unbranched alkanes of at least 4 members (excludes halogenated alkanes) is 1.